The van der Waals surface area contributed by atoms with Crippen LogP contribution in [0.15, 0.2) is 43.0 Å². The topological polar surface area (TPSA) is 221 Å². The molecule has 0 saturated carbocycles. The fraction of sp³-hybridized carbons (Fsp3) is 0.588. The van der Waals surface area contributed by atoms with Crippen LogP contribution >= 0.6 is 0 Å². The number of amides is 6. The number of primary amides is 1. The summed E-state index contributed by atoms with van der Waals surface area (Å²) in [5.41, 5.74) is 6.30. The molecule has 4 atom stereocenters. The Kier molecular flexibility index (Phi) is 20.8. The van der Waals surface area contributed by atoms with E-state index < -0.39 is 60.3 Å². The molecule has 0 saturated heterocycles. The molecule has 1 aromatic carbocycles. The standard InChI is InChI=1S/C34H55N7O8/c1-6-29(43)36-16-19-49-18-15-30(44)37-28(22-42)34(48)38-25(14-10-11-17-41(4)5)32(46)40-27(21-24-12-8-7-9-13-24)33(47)39-26(31(35)45)20-23(2)3/h6-9,12-13,23,25-28,42H,1,10-11,14-22H2,2-5H3,(H2,35,45)(H,36,43)(H,37,44)(H,38,48)(H,39,47)(H,40,46)/t25?,26?,27-,28-/m0/s1. The number of ether oxygens (including phenoxy) is 1. The minimum Gasteiger partial charge on any atom is -0.394 e. The molecule has 0 spiro atoms. The minimum absolute atomic E-state index is 0.00507. The number of carbonyl (C=O) groups excluding carboxylic acids is 6. The van der Waals surface area contributed by atoms with E-state index in [1.54, 1.807) is 24.3 Å². The molecule has 15 nitrogen and oxygen atoms in total. The Bertz CT molecular complexity index is 1210. The average molecular weight is 690 g/mol. The number of aliphatic hydroxyl groups excluding tert-OH is 1. The van der Waals surface area contributed by atoms with Crippen LogP contribution in [0.25, 0.3) is 0 Å². The first-order valence-electron chi connectivity index (χ1n) is 16.5. The maximum atomic E-state index is 13.7. The Morgan fingerprint density at radius 2 is 1.49 bits per heavy atom. The van der Waals surface area contributed by atoms with Crippen molar-refractivity contribution in [1.29, 1.82) is 0 Å². The third-order valence-corrected chi connectivity index (χ3v) is 7.30. The molecule has 274 valence electrons. The lowest BCUT2D eigenvalue weighted by atomic mass is 10.0. The number of nitrogens with two attached hydrogens (primary N) is 1. The smallest absolute Gasteiger partial charge is 0.245 e. The van der Waals surface area contributed by atoms with Crippen molar-refractivity contribution in [1.82, 2.24) is 31.5 Å². The molecule has 6 amide bonds. The van der Waals surface area contributed by atoms with Crippen molar-refractivity contribution < 1.29 is 38.6 Å². The summed E-state index contributed by atoms with van der Waals surface area (Å²) in [6.07, 6.45) is 2.90. The Balaban J connectivity index is 3.04. The van der Waals surface area contributed by atoms with E-state index in [2.05, 4.69) is 33.2 Å². The predicted molar refractivity (Wildman–Crippen MR) is 185 cm³/mol. The van der Waals surface area contributed by atoms with Gasteiger partial charge in [-0.1, -0.05) is 50.8 Å². The highest BCUT2D eigenvalue weighted by molar-refractivity contribution is 5.95. The molecule has 2 unspecified atom stereocenters. The SMILES string of the molecule is C=CC(=O)NCCOCCC(=O)N[C@@H](CO)C(=O)NC(CCCCN(C)C)C(=O)N[C@@H](Cc1ccccc1)C(=O)NC(CC(C)C)C(N)=O. The molecule has 0 fully saturated rings. The predicted octanol–water partition coefficient (Wildman–Crippen LogP) is -0.867. The van der Waals surface area contributed by atoms with Crippen LogP contribution in [0.4, 0.5) is 0 Å². The summed E-state index contributed by atoms with van der Waals surface area (Å²) >= 11 is 0. The lowest BCUT2D eigenvalue weighted by molar-refractivity contribution is -0.135. The molecule has 0 aromatic heterocycles. The van der Waals surface area contributed by atoms with Gasteiger partial charge in [-0.15, -0.1) is 0 Å². The normalized spacial score (nSPS) is 13.4. The average Bonchev–Trinajstić information content (AvgIpc) is 3.05. The molecule has 0 aliphatic rings. The number of carbonyl (C=O) groups is 6. The van der Waals surface area contributed by atoms with Crippen LogP contribution in [0.1, 0.15) is 51.5 Å². The molecule has 8 N–H and O–H groups in total. The van der Waals surface area contributed by atoms with Gasteiger partial charge >= 0.3 is 0 Å². The van der Waals surface area contributed by atoms with E-state index >= 15 is 0 Å². The maximum Gasteiger partial charge on any atom is 0.245 e. The molecule has 49 heavy (non-hydrogen) atoms. The third-order valence-electron chi connectivity index (χ3n) is 7.30. The quantitative estimate of drug-likeness (QED) is 0.0500. The number of unbranched alkanes of at least 4 members (excludes halogenated alkanes) is 1. The summed E-state index contributed by atoms with van der Waals surface area (Å²) in [4.78, 5) is 78.1. The fourth-order valence-electron chi connectivity index (χ4n) is 4.69. The van der Waals surface area contributed by atoms with Crippen molar-refractivity contribution in [3.05, 3.63) is 48.6 Å². The first-order chi connectivity index (χ1) is 23.3. The molecule has 0 heterocycles. The van der Waals surface area contributed by atoms with Gasteiger partial charge in [0.1, 0.15) is 24.2 Å². The summed E-state index contributed by atoms with van der Waals surface area (Å²) in [5.74, 6) is -3.59. The number of rotatable bonds is 25. The van der Waals surface area contributed by atoms with Gasteiger partial charge in [0.15, 0.2) is 0 Å². The molecule has 0 aliphatic carbocycles. The minimum atomic E-state index is -1.35. The molecular formula is C34H55N7O8. The van der Waals surface area contributed by atoms with Crippen molar-refractivity contribution in [3.8, 4) is 0 Å². The van der Waals surface area contributed by atoms with Gasteiger partial charge in [0.25, 0.3) is 0 Å². The summed E-state index contributed by atoms with van der Waals surface area (Å²) in [7, 11) is 3.83. The second-order valence-corrected chi connectivity index (χ2v) is 12.4. The van der Waals surface area contributed by atoms with Crippen LogP contribution in [-0.4, -0.2) is 117 Å². The van der Waals surface area contributed by atoms with Crippen LogP contribution in [0.5, 0.6) is 0 Å². The Labute approximate surface area is 289 Å². The zero-order chi connectivity index (χ0) is 36.8. The largest absolute Gasteiger partial charge is 0.394 e. The highest BCUT2D eigenvalue weighted by Crippen LogP contribution is 2.09. The van der Waals surface area contributed by atoms with Gasteiger partial charge in [-0.2, -0.15) is 0 Å². The molecule has 1 aromatic rings. The first-order valence-corrected chi connectivity index (χ1v) is 16.5. The van der Waals surface area contributed by atoms with E-state index in [1.807, 2.05) is 38.9 Å². The summed E-state index contributed by atoms with van der Waals surface area (Å²) in [5, 5.41) is 22.9. The van der Waals surface area contributed by atoms with E-state index in [-0.39, 0.29) is 50.8 Å². The molecule has 0 radical (unpaired) electrons. The van der Waals surface area contributed by atoms with E-state index in [4.69, 9.17) is 10.5 Å². The maximum absolute atomic E-state index is 13.7. The second-order valence-electron chi connectivity index (χ2n) is 12.4. The van der Waals surface area contributed by atoms with E-state index in [0.29, 0.717) is 19.3 Å². The number of benzene rings is 1. The van der Waals surface area contributed by atoms with Crippen LogP contribution in [0.2, 0.25) is 0 Å². The fourth-order valence-corrected chi connectivity index (χ4v) is 4.69. The molecule has 15 heteroatoms. The molecular weight excluding hydrogens is 634 g/mol. The van der Waals surface area contributed by atoms with Crippen molar-refractivity contribution in [2.45, 2.75) is 76.5 Å². The van der Waals surface area contributed by atoms with Crippen LogP contribution in [0.3, 0.4) is 0 Å². The van der Waals surface area contributed by atoms with Crippen molar-refractivity contribution in [2.75, 3.05) is 47.0 Å². The number of aliphatic hydroxyl groups is 1. The number of hydrogen-bond acceptors (Lipinski definition) is 9. The summed E-state index contributed by atoms with van der Waals surface area (Å²) in [6, 6.07) is 4.49. The van der Waals surface area contributed by atoms with Crippen molar-refractivity contribution in [2.24, 2.45) is 11.7 Å². The second kappa shape index (κ2) is 23.9. The van der Waals surface area contributed by atoms with Crippen molar-refractivity contribution >= 4 is 35.4 Å². The Morgan fingerprint density at radius 1 is 0.878 bits per heavy atom. The third kappa shape index (κ3) is 18.7. The highest BCUT2D eigenvalue weighted by atomic mass is 16.5. The lowest BCUT2D eigenvalue weighted by Gasteiger charge is -2.26. The van der Waals surface area contributed by atoms with Gasteiger partial charge in [0.05, 0.1) is 19.8 Å². The highest BCUT2D eigenvalue weighted by Gasteiger charge is 2.31. The lowest BCUT2D eigenvalue weighted by Crippen LogP contribution is -2.59. The zero-order valence-electron chi connectivity index (χ0n) is 29.2. The van der Waals surface area contributed by atoms with Gasteiger partial charge in [-0.25, -0.2) is 0 Å². The molecule has 0 aliphatic heterocycles. The monoisotopic (exact) mass is 689 g/mol. The van der Waals surface area contributed by atoms with Crippen LogP contribution in [-0.2, 0) is 39.9 Å². The van der Waals surface area contributed by atoms with Gasteiger partial charge in [-0.3, -0.25) is 28.8 Å². The van der Waals surface area contributed by atoms with Gasteiger partial charge in [-0.05, 0) is 63.9 Å². The van der Waals surface area contributed by atoms with Crippen LogP contribution < -0.4 is 32.3 Å². The summed E-state index contributed by atoms with van der Waals surface area (Å²) < 4.78 is 5.31. The summed E-state index contributed by atoms with van der Waals surface area (Å²) in [6.45, 7) is 7.52. The van der Waals surface area contributed by atoms with E-state index in [9.17, 15) is 33.9 Å². The van der Waals surface area contributed by atoms with Gasteiger partial charge in [0, 0.05) is 19.4 Å². The van der Waals surface area contributed by atoms with Gasteiger partial charge < -0.3 is 47.1 Å². The number of nitrogens with one attached hydrogen (secondary N) is 5. The number of hydrogen-bond donors (Lipinski definition) is 7. The molecule has 0 bridgehead atoms. The van der Waals surface area contributed by atoms with Crippen molar-refractivity contribution in [3.63, 3.8) is 0 Å². The zero-order valence-corrected chi connectivity index (χ0v) is 29.2. The molecule has 1 rings (SSSR count). The van der Waals surface area contributed by atoms with Crippen LogP contribution in [0, 0.1) is 5.92 Å². The Morgan fingerprint density at radius 3 is 2.08 bits per heavy atom. The Hall–Kier alpha value is -4.34. The van der Waals surface area contributed by atoms with Gasteiger partial charge in [0.2, 0.25) is 35.4 Å². The first kappa shape index (κ1) is 42.7. The van der Waals surface area contributed by atoms with E-state index in [1.165, 1.54) is 0 Å². The number of nitrogens with zero attached hydrogens (tertiary/aromatic N) is 1. The van der Waals surface area contributed by atoms with E-state index in [0.717, 1.165) is 18.2 Å².